The number of anilines is 1. The van der Waals surface area contributed by atoms with E-state index in [-0.39, 0.29) is 22.2 Å². The van der Waals surface area contributed by atoms with Gasteiger partial charge in [0.25, 0.3) is 0 Å². The number of thioether (sulfide) groups is 1. The van der Waals surface area contributed by atoms with Crippen LogP contribution in [0.4, 0.5) is 10.1 Å². The van der Waals surface area contributed by atoms with Crippen LogP contribution in [0.1, 0.15) is 30.2 Å². The van der Waals surface area contributed by atoms with Gasteiger partial charge in [-0.15, -0.1) is 11.8 Å². The lowest BCUT2D eigenvalue weighted by Gasteiger charge is -2.18. The number of nitrogens with one attached hydrogen (secondary N) is 1. The normalized spacial score (nSPS) is 13.5. The van der Waals surface area contributed by atoms with Crippen LogP contribution in [-0.4, -0.2) is 11.2 Å². The highest BCUT2D eigenvalue weighted by Crippen LogP contribution is 2.33. The molecular weight excluding hydrogens is 297 g/mol. The lowest BCUT2D eigenvalue weighted by Crippen LogP contribution is -2.23. The van der Waals surface area contributed by atoms with Gasteiger partial charge in [0.15, 0.2) is 0 Å². The van der Waals surface area contributed by atoms with Gasteiger partial charge in [-0.1, -0.05) is 36.4 Å². The number of carbonyl (C=O) groups is 1. The highest BCUT2D eigenvalue weighted by molar-refractivity contribution is 8.00. The molecule has 0 aliphatic carbocycles. The first-order chi connectivity index (χ1) is 10.5. The Kier molecular flexibility index (Phi) is 5.61. The van der Waals surface area contributed by atoms with E-state index in [0.717, 1.165) is 11.3 Å². The fraction of sp³-hybridized carbons (Fsp3) is 0.278. The van der Waals surface area contributed by atoms with Gasteiger partial charge in [0, 0.05) is 16.5 Å². The molecule has 2 atom stereocenters. The maximum atomic E-state index is 13.8. The van der Waals surface area contributed by atoms with Crippen molar-refractivity contribution in [1.29, 1.82) is 0 Å². The van der Waals surface area contributed by atoms with Crippen molar-refractivity contribution in [3.05, 3.63) is 65.5 Å². The minimum atomic E-state index is -0.269. The number of halogens is 1. The minimum Gasteiger partial charge on any atom is -0.325 e. The summed E-state index contributed by atoms with van der Waals surface area (Å²) in [5.74, 6) is -0.295. The lowest BCUT2D eigenvalue weighted by atomic mass is 10.1. The van der Waals surface area contributed by atoms with Crippen LogP contribution in [0, 0.1) is 12.7 Å². The Balaban J connectivity index is 2.00. The van der Waals surface area contributed by atoms with Crippen LogP contribution in [0.15, 0.2) is 48.5 Å². The molecule has 0 spiro atoms. The first kappa shape index (κ1) is 16.6. The summed E-state index contributed by atoms with van der Waals surface area (Å²) in [6.45, 7) is 5.71. The average Bonchev–Trinajstić information content (AvgIpc) is 2.49. The number of amides is 1. The molecule has 0 aliphatic rings. The van der Waals surface area contributed by atoms with E-state index in [1.54, 1.807) is 12.1 Å². The Morgan fingerprint density at radius 1 is 1.09 bits per heavy atom. The van der Waals surface area contributed by atoms with Gasteiger partial charge in [-0.05, 0) is 38.5 Å². The molecule has 1 N–H and O–H groups in total. The Morgan fingerprint density at radius 2 is 1.73 bits per heavy atom. The van der Waals surface area contributed by atoms with Gasteiger partial charge < -0.3 is 5.32 Å². The molecule has 4 heteroatoms. The predicted octanol–water partition coefficient (Wildman–Crippen LogP) is 4.96. The molecular formula is C18H20FNOS. The maximum absolute atomic E-state index is 13.8. The summed E-state index contributed by atoms with van der Waals surface area (Å²) in [6.07, 6.45) is 0. The zero-order valence-electron chi connectivity index (χ0n) is 13.0. The molecule has 0 saturated carbocycles. The first-order valence-electron chi connectivity index (χ1n) is 7.25. The zero-order valence-corrected chi connectivity index (χ0v) is 13.8. The van der Waals surface area contributed by atoms with Crippen molar-refractivity contribution in [1.82, 2.24) is 0 Å². The van der Waals surface area contributed by atoms with E-state index in [2.05, 4.69) is 5.32 Å². The molecule has 0 bridgehead atoms. The number of carbonyl (C=O) groups excluding carboxylic acids is 1. The highest BCUT2D eigenvalue weighted by atomic mass is 32.2. The monoisotopic (exact) mass is 317 g/mol. The molecule has 2 nitrogen and oxygen atoms in total. The predicted molar refractivity (Wildman–Crippen MR) is 91.7 cm³/mol. The molecule has 0 fully saturated rings. The van der Waals surface area contributed by atoms with Crippen LogP contribution in [0.2, 0.25) is 0 Å². The maximum Gasteiger partial charge on any atom is 0.237 e. The zero-order chi connectivity index (χ0) is 16.1. The second kappa shape index (κ2) is 7.45. The molecule has 2 aromatic rings. The molecule has 1 amide bonds. The molecule has 2 aromatic carbocycles. The molecule has 0 heterocycles. The van der Waals surface area contributed by atoms with Gasteiger partial charge in [-0.2, -0.15) is 0 Å². The SMILES string of the molecule is Cc1ccccc1NC(=O)C(C)SC(C)c1ccccc1F. The van der Waals surface area contributed by atoms with Crippen LogP contribution in [0.3, 0.4) is 0 Å². The summed E-state index contributed by atoms with van der Waals surface area (Å²) >= 11 is 1.45. The number of rotatable bonds is 5. The number of para-hydroxylation sites is 1. The van der Waals surface area contributed by atoms with Crippen LogP contribution >= 0.6 is 11.8 Å². The second-order valence-electron chi connectivity index (χ2n) is 5.25. The Morgan fingerprint density at radius 3 is 2.41 bits per heavy atom. The first-order valence-corrected chi connectivity index (χ1v) is 8.19. The molecule has 0 aromatic heterocycles. The van der Waals surface area contributed by atoms with Crippen LogP contribution < -0.4 is 5.32 Å². The fourth-order valence-electron chi connectivity index (χ4n) is 2.19. The number of hydrogen-bond donors (Lipinski definition) is 1. The van der Waals surface area contributed by atoms with Crippen LogP contribution in [0.25, 0.3) is 0 Å². The van der Waals surface area contributed by atoms with Crippen molar-refractivity contribution in [2.45, 2.75) is 31.3 Å². The number of hydrogen-bond acceptors (Lipinski definition) is 2. The van der Waals surface area contributed by atoms with E-state index < -0.39 is 0 Å². The Bertz CT molecular complexity index is 659. The van der Waals surface area contributed by atoms with E-state index in [1.165, 1.54) is 17.8 Å². The standard InChI is InChI=1S/C18H20FNOS/c1-12-8-4-7-11-17(12)20-18(21)14(3)22-13(2)15-9-5-6-10-16(15)19/h4-11,13-14H,1-3H3,(H,20,21). The third kappa shape index (κ3) is 4.10. The summed E-state index contributed by atoms with van der Waals surface area (Å²) < 4.78 is 13.8. The van der Waals surface area contributed by atoms with E-state index in [0.29, 0.717) is 5.56 Å². The van der Waals surface area contributed by atoms with E-state index >= 15 is 0 Å². The summed E-state index contributed by atoms with van der Waals surface area (Å²) in [4.78, 5) is 12.3. The summed E-state index contributed by atoms with van der Waals surface area (Å²) in [7, 11) is 0. The van der Waals surface area contributed by atoms with Crippen molar-refractivity contribution in [2.24, 2.45) is 0 Å². The Labute approximate surface area is 135 Å². The third-order valence-corrected chi connectivity index (χ3v) is 4.81. The summed E-state index contributed by atoms with van der Waals surface area (Å²) in [5.41, 5.74) is 2.47. The van der Waals surface area contributed by atoms with Crippen molar-refractivity contribution in [3.8, 4) is 0 Å². The Hall–Kier alpha value is -1.81. The van der Waals surface area contributed by atoms with E-state index in [4.69, 9.17) is 0 Å². The number of benzene rings is 2. The van der Waals surface area contributed by atoms with Crippen LogP contribution in [0.5, 0.6) is 0 Å². The molecule has 0 radical (unpaired) electrons. The van der Waals surface area contributed by atoms with Gasteiger partial charge >= 0.3 is 0 Å². The summed E-state index contributed by atoms with van der Waals surface area (Å²) in [5, 5.41) is 2.57. The molecule has 0 aliphatic heterocycles. The van der Waals surface area contributed by atoms with Crippen LogP contribution in [-0.2, 0) is 4.79 Å². The molecule has 22 heavy (non-hydrogen) atoms. The van der Waals surface area contributed by atoms with E-state index in [9.17, 15) is 9.18 Å². The number of aryl methyl sites for hydroxylation is 1. The second-order valence-corrected chi connectivity index (χ2v) is 6.93. The van der Waals surface area contributed by atoms with Crippen molar-refractivity contribution < 1.29 is 9.18 Å². The van der Waals surface area contributed by atoms with Crippen molar-refractivity contribution in [2.75, 3.05) is 5.32 Å². The third-order valence-electron chi connectivity index (χ3n) is 3.52. The molecule has 2 rings (SSSR count). The van der Waals surface area contributed by atoms with Gasteiger partial charge in [0.05, 0.1) is 5.25 Å². The quantitative estimate of drug-likeness (QED) is 0.845. The minimum absolute atomic E-state index is 0.0671. The smallest absolute Gasteiger partial charge is 0.237 e. The fourth-order valence-corrected chi connectivity index (χ4v) is 3.33. The highest BCUT2D eigenvalue weighted by Gasteiger charge is 2.20. The summed E-state index contributed by atoms with van der Waals surface area (Å²) in [6, 6.07) is 14.4. The molecule has 116 valence electrons. The van der Waals surface area contributed by atoms with Gasteiger partial charge in [0.1, 0.15) is 5.82 Å². The van der Waals surface area contributed by atoms with Gasteiger partial charge in [0.2, 0.25) is 5.91 Å². The lowest BCUT2D eigenvalue weighted by molar-refractivity contribution is -0.115. The molecule has 2 unspecified atom stereocenters. The van der Waals surface area contributed by atoms with Gasteiger partial charge in [-0.25, -0.2) is 4.39 Å². The van der Waals surface area contributed by atoms with E-state index in [1.807, 2.05) is 51.1 Å². The van der Waals surface area contributed by atoms with Crippen molar-refractivity contribution >= 4 is 23.4 Å². The largest absolute Gasteiger partial charge is 0.325 e. The van der Waals surface area contributed by atoms with Gasteiger partial charge in [-0.3, -0.25) is 4.79 Å². The molecule has 0 saturated heterocycles. The topological polar surface area (TPSA) is 29.1 Å². The van der Waals surface area contributed by atoms with Crippen molar-refractivity contribution in [3.63, 3.8) is 0 Å². The average molecular weight is 317 g/mol.